The zero-order chi connectivity index (χ0) is 26.4. The third-order valence-corrected chi connectivity index (χ3v) is 6.76. The number of aliphatic hydroxyl groups is 1. The molecule has 0 atom stereocenters. The van der Waals surface area contributed by atoms with Crippen molar-refractivity contribution in [3.8, 4) is 0 Å². The van der Waals surface area contributed by atoms with Crippen LogP contribution in [0.5, 0.6) is 0 Å². The van der Waals surface area contributed by atoms with E-state index in [4.69, 9.17) is 4.74 Å². The molecule has 5 rings (SSSR count). The van der Waals surface area contributed by atoms with Crippen molar-refractivity contribution < 1.29 is 19.4 Å². The van der Waals surface area contributed by atoms with E-state index in [0.717, 1.165) is 17.6 Å². The van der Waals surface area contributed by atoms with Crippen molar-refractivity contribution >= 4 is 12.0 Å². The summed E-state index contributed by atoms with van der Waals surface area (Å²) in [5.74, 6) is -0.399. The van der Waals surface area contributed by atoms with Crippen molar-refractivity contribution in [1.82, 2.24) is 19.9 Å². The van der Waals surface area contributed by atoms with E-state index in [9.17, 15) is 14.7 Å². The minimum atomic E-state index is -1.64. The van der Waals surface area contributed by atoms with Crippen molar-refractivity contribution in [2.24, 2.45) is 0 Å². The van der Waals surface area contributed by atoms with Gasteiger partial charge in [-0.2, -0.15) is 0 Å². The van der Waals surface area contributed by atoms with Gasteiger partial charge in [0, 0.05) is 13.1 Å². The van der Waals surface area contributed by atoms with Crippen LogP contribution in [0.15, 0.2) is 91.0 Å². The Hall–Kier alpha value is -4.30. The fourth-order valence-corrected chi connectivity index (χ4v) is 4.77. The third kappa shape index (κ3) is 5.21. The van der Waals surface area contributed by atoms with Crippen LogP contribution in [-0.4, -0.2) is 56.7 Å². The van der Waals surface area contributed by atoms with E-state index < -0.39 is 11.6 Å². The first-order chi connectivity index (χ1) is 18.6. The van der Waals surface area contributed by atoms with Crippen LogP contribution in [-0.2, 0) is 16.8 Å². The molecule has 8 nitrogen and oxygen atoms in total. The van der Waals surface area contributed by atoms with Gasteiger partial charge in [-0.15, -0.1) is 10.2 Å². The van der Waals surface area contributed by atoms with Crippen molar-refractivity contribution in [2.45, 2.75) is 31.3 Å². The average molecular weight is 511 g/mol. The lowest BCUT2D eigenvalue weighted by Gasteiger charge is -2.28. The van der Waals surface area contributed by atoms with Crippen LogP contribution in [0, 0.1) is 0 Å². The maximum absolute atomic E-state index is 13.2. The SMILES string of the molecule is O=C(OCCCc1nn(C(=O)N2CCCC2)nc1C(O)(c1ccccc1)c1ccccc1)c1ccccc1. The fourth-order valence-electron chi connectivity index (χ4n) is 4.77. The Kier molecular flexibility index (Phi) is 7.60. The summed E-state index contributed by atoms with van der Waals surface area (Å²) in [7, 11) is 0. The highest BCUT2D eigenvalue weighted by atomic mass is 16.5. The summed E-state index contributed by atoms with van der Waals surface area (Å²) in [6.45, 7) is 1.47. The van der Waals surface area contributed by atoms with Gasteiger partial charge in [0.15, 0.2) is 5.60 Å². The summed E-state index contributed by atoms with van der Waals surface area (Å²) < 4.78 is 5.45. The van der Waals surface area contributed by atoms with Gasteiger partial charge in [0.05, 0.1) is 17.9 Å². The van der Waals surface area contributed by atoms with Gasteiger partial charge in [0.2, 0.25) is 0 Å². The number of amides is 1. The van der Waals surface area contributed by atoms with Crippen molar-refractivity contribution in [1.29, 1.82) is 0 Å². The number of hydrogen-bond donors (Lipinski definition) is 1. The first kappa shape index (κ1) is 25.4. The number of esters is 1. The number of nitrogens with zero attached hydrogens (tertiary/aromatic N) is 4. The van der Waals surface area contributed by atoms with Crippen LogP contribution in [0.3, 0.4) is 0 Å². The van der Waals surface area contributed by atoms with Crippen LogP contribution < -0.4 is 0 Å². The molecule has 8 heteroatoms. The number of carbonyl (C=O) groups excluding carboxylic acids is 2. The van der Waals surface area contributed by atoms with Crippen LogP contribution in [0.4, 0.5) is 4.79 Å². The first-order valence-corrected chi connectivity index (χ1v) is 12.9. The van der Waals surface area contributed by atoms with Gasteiger partial charge in [-0.1, -0.05) is 83.7 Å². The summed E-state index contributed by atoms with van der Waals surface area (Å²) in [5, 5.41) is 21.5. The van der Waals surface area contributed by atoms with E-state index in [2.05, 4.69) is 10.2 Å². The Balaban J connectivity index is 1.46. The molecular weight excluding hydrogens is 480 g/mol. The molecule has 0 unspecified atom stereocenters. The van der Waals surface area contributed by atoms with E-state index >= 15 is 0 Å². The number of benzene rings is 3. The molecule has 1 N–H and O–H groups in total. The zero-order valence-electron chi connectivity index (χ0n) is 21.1. The molecule has 4 aromatic rings. The van der Waals surface area contributed by atoms with Crippen molar-refractivity contribution in [2.75, 3.05) is 19.7 Å². The summed E-state index contributed by atoms with van der Waals surface area (Å²) in [4.78, 5) is 28.4. The standard InChI is InChI=1S/C30H30N4O4/c35-28(23-13-4-1-5-14-23)38-22-12-19-26-27(32-34(31-26)29(36)33-20-10-11-21-33)30(37,24-15-6-2-7-16-24)25-17-8-3-9-18-25/h1-9,13-18,37H,10-12,19-22H2. The minimum Gasteiger partial charge on any atom is -0.462 e. The summed E-state index contributed by atoms with van der Waals surface area (Å²) >= 11 is 0. The van der Waals surface area contributed by atoms with Crippen molar-refractivity contribution in [3.63, 3.8) is 0 Å². The van der Waals surface area contributed by atoms with E-state index in [1.165, 1.54) is 0 Å². The molecule has 38 heavy (non-hydrogen) atoms. The number of likely N-dealkylation sites (tertiary alicyclic amines) is 1. The number of aryl methyl sites for hydroxylation is 1. The zero-order valence-corrected chi connectivity index (χ0v) is 21.1. The van der Waals surface area contributed by atoms with Gasteiger partial charge in [0.25, 0.3) is 0 Å². The molecule has 0 aliphatic carbocycles. The predicted octanol–water partition coefficient (Wildman–Crippen LogP) is 4.42. The molecule has 0 spiro atoms. The van der Waals surface area contributed by atoms with Crippen LogP contribution in [0.2, 0.25) is 0 Å². The Labute approximate surface area is 221 Å². The quantitative estimate of drug-likeness (QED) is 0.279. The Morgan fingerprint density at radius 1 is 0.816 bits per heavy atom. The lowest BCUT2D eigenvalue weighted by molar-refractivity contribution is 0.0499. The highest BCUT2D eigenvalue weighted by Gasteiger charge is 2.40. The van der Waals surface area contributed by atoms with Crippen LogP contribution in [0.25, 0.3) is 0 Å². The fraction of sp³-hybridized carbons (Fsp3) is 0.267. The Morgan fingerprint density at radius 2 is 1.37 bits per heavy atom. The van der Waals surface area contributed by atoms with Crippen LogP contribution >= 0.6 is 0 Å². The van der Waals surface area contributed by atoms with Crippen LogP contribution in [0.1, 0.15) is 52.1 Å². The molecule has 194 valence electrons. The Bertz CT molecular complexity index is 1330. The maximum Gasteiger partial charge on any atom is 0.362 e. The predicted molar refractivity (Wildman–Crippen MR) is 142 cm³/mol. The van der Waals surface area contributed by atoms with E-state index in [-0.39, 0.29) is 18.3 Å². The molecular formula is C30H30N4O4. The molecule has 1 saturated heterocycles. The molecule has 1 fully saturated rings. The molecule has 1 aliphatic rings. The first-order valence-electron chi connectivity index (χ1n) is 12.9. The monoisotopic (exact) mass is 510 g/mol. The summed E-state index contributed by atoms with van der Waals surface area (Å²) in [6, 6.07) is 27.0. The number of hydrogen-bond acceptors (Lipinski definition) is 6. The molecule has 0 radical (unpaired) electrons. The smallest absolute Gasteiger partial charge is 0.362 e. The lowest BCUT2D eigenvalue weighted by Crippen LogP contribution is -2.34. The number of ether oxygens (including phenoxy) is 1. The van der Waals surface area contributed by atoms with Gasteiger partial charge < -0.3 is 14.7 Å². The molecule has 1 amide bonds. The summed E-state index contributed by atoms with van der Waals surface area (Å²) in [6.07, 6.45) is 2.68. The normalized spacial score (nSPS) is 13.4. The second-order valence-electron chi connectivity index (χ2n) is 9.31. The molecule has 1 aliphatic heterocycles. The second kappa shape index (κ2) is 11.4. The van der Waals surface area contributed by atoms with Gasteiger partial charge >= 0.3 is 12.0 Å². The van der Waals surface area contributed by atoms with E-state index in [1.807, 2.05) is 66.7 Å². The molecule has 2 heterocycles. The lowest BCUT2D eigenvalue weighted by atomic mass is 9.82. The van der Waals surface area contributed by atoms with Gasteiger partial charge in [-0.05, 0) is 48.9 Å². The molecule has 0 saturated carbocycles. The third-order valence-electron chi connectivity index (χ3n) is 6.76. The average Bonchev–Trinajstić information content (AvgIpc) is 3.67. The maximum atomic E-state index is 13.2. The van der Waals surface area contributed by atoms with Gasteiger partial charge in [-0.3, -0.25) is 0 Å². The highest BCUT2D eigenvalue weighted by molar-refractivity contribution is 5.89. The van der Waals surface area contributed by atoms with Gasteiger partial charge in [-0.25, -0.2) is 9.59 Å². The van der Waals surface area contributed by atoms with E-state index in [1.54, 1.807) is 29.2 Å². The highest BCUT2D eigenvalue weighted by Crippen LogP contribution is 2.37. The topological polar surface area (TPSA) is 97.5 Å². The largest absolute Gasteiger partial charge is 0.462 e. The van der Waals surface area contributed by atoms with Gasteiger partial charge in [0.1, 0.15) is 5.69 Å². The number of carbonyl (C=O) groups is 2. The molecule has 1 aromatic heterocycles. The molecule has 3 aromatic carbocycles. The Morgan fingerprint density at radius 3 is 1.95 bits per heavy atom. The van der Waals surface area contributed by atoms with E-state index in [0.29, 0.717) is 48.3 Å². The number of rotatable bonds is 8. The molecule has 0 bridgehead atoms. The van der Waals surface area contributed by atoms with Crippen molar-refractivity contribution in [3.05, 3.63) is 119 Å². The summed E-state index contributed by atoms with van der Waals surface area (Å²) in [5.41, 5.74) is 0.840. The second-order valence-corrected chi connectivity index (χ2v) is 9.31. The minimum absolute atomic E-state index is 0.162. The number of aromatic nitrogens is 3.